The van der Waals surface area contributed by atoms with E-state index in [4.69, 9.17) is 21.1 Å². The van der Waals surface area contributed by atoms with E-state index in [9.17, 15) is 10.1 Å². The molecule has 1 aliphatic heterocycles. The Bertz CT molecular complexity index is 877. The number of carbonyl (C=O) groups excluding carboxylic acids is 1. The van der Waals surface area contributed by atoms with Crippen LogP contribution in [0.25, 0.3) is 6.08 Å². The highest BCUT2D eigenvalue weighted by Gasteiger charge is 2.19. The summed E-state index contributed by atoms with van der Waals surface area (Å²) in [6.07, 6.45) is 1.42. The van der Waals surface area contributed by atoms with E-state index >= 15 is 0 Å². The quantitative estimate of drug-likeness (QED) is 0.625. The molecule has 0 radical (unpaired) electrons. The second-order valence-corrected chi connectivity index (χ2v) is 5.45. The minimum Gasteiger partial charge on any atom is -0.454 e. The molecular formula is C16H12ClN3O3. The van der Waals surface area contributed by atoms with E-state index in [0.29, 0.717) is 33.5 Å². The zero-order valence-corrected chi connectivity index (χ0v) is 13.2. The molecule has 2 aromatic rings. The van der Waals surface area contributed by atoms with Crippen molar-refractivity contribution in [1.29, 1.82) is 5.26 Å². The third-order valence-corrected chi connectivity index (χ3v) is 3.67. The van der Waals surface area contributed by atoms with Gasteiger partial charge in [0.2, 0.25) is 6.79 Å². The van der Waals surface area contributed by atoms with E-state index in [1.807, 2.05) is 6.07 Å². The van der Waals surface area contributed by atoms with Crippen molar-refractivity contribution >= 4 is 23.6 Å². The van der Waals surface area contributed by atoms with Crippen molar-refractivity contribution in [3.63, 3.8) is 0 Å². The number of halogens is 1. The van der Waals surface area contributed by atoms with Crippen LogP contribution >= 0.6 is 11.6 Å². The molecule has 0 saturated heterocycles. The summed E-state index contributed by atoms with van der Waals surface area (Å²) in [6.45, 7) is 3.65. The van der Waals surface area contributed by atoms with E-state index in [1.165, 1.54) is 10.8 Å². The number of aryl methyl sites for hydroxylation is 2. The number of allylic oxidation sites excluding steroid dienone is 1. The lowest BCUT2D eigenvalue weighted by Crippen LogP contribution is -2.15. The van der Waals surface area contributed by atoms with Crippen LogP contribution in [0.15, 0.2) is 23.8 Å². The van der Waals surface area contributed by atoms with Crippen LogP contribution in [-0.4, -0.2) is 22.5 Å². The lowest BCUT2D eigenvalue weighted by molar-refractivity contribution is 0.0943. The number of fused-ring (bicyclic) bond motifs is 1. The average Bonchev–Trinajstić information content (AvgIpc) is 3.09. The topological polar surface area (TPSA) is 77.1 Å². The van der Waals surface area contributed by atoms with E-state index in [0.717, 1.165) is 0 Å². The van der Waals surface area contributed by atoms with Crippen molar-refractivity contribution in [2.45, 2.75) is 13.8 Å². The Balaban J connectivity index is 2.01. The van der Waals surface area contributed by atoms with Gasteiger partial charge in [0.25, 0.3) is 5.91 Å². The van der Waals surface area contributed by atoms with Crippen LogP contribution < -0.4 is 9.47 Å². The Kier molecular flexibility index (Phi) is 3.80. The zero-order chi connectivity index (χ0) is 16.6. The van der Waals surface area contributed by atoms with Gasteiger partial charge in [-0.05, 0) is 37.6 Å². The Labute approximate surface area is 137 Å². The number of aromatic nitrogens is 2. The maximum Gasteiger partial charge on any atom is 0.289 e. The van der Waals surface area contributed by atoms with Gasteiger partial charge in [-0.3, -0.25) is 4.79 Å². The molecule has 0 N–H and O–H groups in total. The summed E-state index contributed by atoms with van der Waals surface area (Å²) in [5.74, 6) is 0.555. The Morgan fingerprint density at radius 1 is 1.35 bits per heavy atom. The van der Waals surface area contributed by atoms with Crippen molar-refractivity contribution in [2.24, 2.45) is 0 Å². The number of rotatable bonds is 2. The number of hydrogen-bond donors (Lipinski definition) is 0. The number of benzene rings is 1. The highest BCUT2D eigenvalue weighted by atomic mass is 35.5. The van der Waals surface area contributed by atoms with Gasteiger partial charge in [-0.2, -0.15) is 10.4 Å². The highest BCUT2D eigenvalue weighted by Crippen LogP contribution is 2.37. The predicted molar refractivity (Wildman–Crippen MR) is 83.5 cm³/mol. The second-order valence-electron chi connectivity index (χ2n) is 5.04. The standard InChI is InChI=1S/C16H12ClN3O3/c1-9-3-10(2)20(19-9)16(21)12(7-18)4-11-5-14-15(6-13(11)17)23-8-22-14/h3-6H,8H2,1-2H3/b12-4+. The lowest BCUT2D eigenvalue weighted by atomic mass is 10.1. The molecule has 0 saturated carbocycles. The van der Waals surface area contributed by atoms with Crippen molar-refractivity contribution in [3.05, 3.63) is 45.7 Å². The van der Waals surface area contributed by atoms with Crippen LogP contribution in [0.1, 0.15) is 21.7 Å². The normalized spacial score (nSPS) is 13.0. The minimum absolute atomic E-state index is 0.0723. The Morgan fingerprint density at radius 3 is 2.65 bits per heavy atom. The summed E-state index contributed by atoms with van der Waals surface area (Å²) in [7, 11) is 0. The monoisotopic (exact) mass is 329 g/mol. The molecule has 1 aromatic heterocycles. The summed E-state index contributed by atoms with van der Waals surface area (Å²) < 4.78 is 11.7. The molecule has 116 valence electrons. The molecular weight excluding hydrogens is 318 g/mol. The lowest BCUT2D eigenvalue weighted by Gasteiger charge is -2.04. The molecule has 0 fully saturated rings. The zero-order valence-electron chi connectivity index (χ0n) is 12.5. The molecule has 2 heterocycles. The number of carbonyl (C=O) groups is 1. The van der Waals surface area contributed by atoms with Crippen LogP contribution in [0.3, 0.4) is 0 Å². The number of ether oxygens (including phenoxy) is 2. The molecule has 0 amide bonds. The van der Waals surface area contributed by atoms with Gasteiger partial charge in [-0.15, -0.1) is 0 Å². The van der Waals surface area contributed by atoms with Gasteiger partial charge in [0.1, 0.15) is 11.6 Å². The smallest absolute Gasteiger partial charge is 0.289 e. The Hall–Kier alpha value is -2.78. The van der Waals surface area contributed by atoms with E-state index in [-0.39, 0.29) is 12.4 Å². The van der Waals surface area contributed by atoms with Gasteiger partial charge < -0.3 is 9.47 Å². The van der Waals surface area contributed by atoms with Gasteiger partial charge in [-0.25, -0.2) is 4.68 Å². The Morgan fingerprint density at radius 2 is 2.04 bits per heavy atom. The SMILES string of the molecule is Cc1cc(C)n(C(=O)/C(C#N)=C/c2cc3c(cc2Cl)OCO3)n1. The number of nitriles is 1. The van der Waals surface area contributed by atoms with E-state index in [1.54, 1.807) is 32.0 Å². The molecule has 0 atom stereocenters. The van der Waals surface area contributed by atoms with Gasteiger partial charge in [0.05, 0.1) is 10.7 Å². The summed E-state index contributed by atoms with van der Waals surface area (Å²) in [6, 6.07) is 6.90. The molecule has 7 heteroatoms. The summed E-state index contributed by atoms with van der Waals surface area (Å²) in [4.78, 5) is 12.5. The number of hydrogen-bond acceptors (Lipinski definition) is 5. The van der Waals surface area contributed by atoms with Crippen LogP contribution in [0, 0.1) is 25.2 Å². The summed E-state index contributed by atoms with van der Waals surface area (Å²) in [5, 5.41) is 13.8. The fourth-order valence-corrected chi connectivity index (χ4v) is 2.50. The van der Waals surface area contributed by atoms with Crippen LogP contribution in [0.5, 0.6) is 11.5 Å². The summed E-state index contributed by atoms with van der Waals surface area (Å²) in [5.41, 5.74) is 1.79. The molecule has 1 aliphatic rings. The third-order valence-electron chi connectivity index (χ3n) is 3.34. The van der Waals surface area contributed by atoms with Crippen LogP contribution in [0.2, 0.25) is 5.02 Å². The van der Waals surface area contributed by atoms with Crippen LogP contribution in [0.4, 0.5) is 0 Å². The maximum absolute atomic E-state index is 12.5. The molecule has 6 nitrogen and oxygen atoms in total. The second kappa shape index (κ2) is 5.78. The summed E-state index contributed by atoms with van der Waals surface area (Å²) >= 11 is 6.17. The molecule has 3 rings (SSSR count). The van der Waals surface area contributed by atoms with Gasteiger partial charge in [-0.1, -0.05) is 11.6 Å². The fourth-order valence-electron chi connectivity index (χ4n) is 2.29. The highest BCUT2D eigenvalue weighted by molar-refractivity contribution is 6.32. The molecule has 0 spiro atoms. The van der Waals surface area contributed by atoms with Gasteiger partial charge >= 0.3 is 0 Å². The first-order valence-corrected chi connectivity index (χ1v) is 7.16. The average molecular weight is 330 g/mol. The molecule has 23 heavy (non-hydrogen) atoms. The first-order chi connectivity index (χ1) is 11.0. The van der Waals surface area contributed by atoms with Gasteiger partial charge in [0.15, 0.2) is 11.5 Å². The van der Waals surface area contributed by atoms with Crippen molar-refractivity contribution < 1.29 is 14.3 Å². The van der Waals surface area contributed by atoms with Gasteiger partial charge in [0, 0.05) is 11.8 Å². The molecule has 0 unspecified atom stereocenters. The first-order valence-electron chi connectivity index (χ1n) is 6.78. The largest absolute Gasteiger partial charge is 0.454 e. The first kappa shape index (κ1) is 15.1. The van der Waals surface area contributed by atoms with Crippen molar-refractivity contribution in [2.75, 3.05) is 6.79 Å². The van der Waals surface area contributed by atoms with Crippen molar-refractivity contribution in [3.8, 4) is 17.6 Å². The molecule has 0 bridgehead atoms. The maximum atomic E-state index is 12.5. The molecule has 1 aromatic carbocycles. The molecule has 0 aliphatic carbocycles. The van der Waals surface area contributed by atoms with E-state index in [2.05, 4.69) is 5.10 Å². The predicted octanol–water partition coefficient (Wildman–Crippen LogP) is 3.13. The van der Waals surface area contributed by atoms with Crippen LogP contribution in [-0.2, 0) is 0 Å². The fraction of sp³-hybridized carbons (Fsp3) is 0.188. The minimum atomic E-state index is -0.508. The van der Waals surface area contributed by atoms with E-state index < -0.39 is 5.91 Å². The third kappa shape index (κ3) is 2.79. The number of nitrogens with zero attached hydrogens (tertiary/aromatic N) is 3. The van der Waals surface area contributed by atoms with Crippen molar-refractivity contribution in [1.82, 2.24) is 9.78 Å².